The number of methoxy groups -OCH3 is 1. The van der Waals surface area contributed by atoms with Crippen LogP contribution in [-0.4, -0.2) is 51.7 Å². The molecule has 0 radical (unpaired) electrons. The van der Waals surface area contributed by atoms with Gasteiger partial charge in [-0.2, -0.15) is 5.10 Å². The lowest BCUT2D eigenvalue weighted by molar-refractivity contribution is -0.130. The molecule has 0 unspecified atom stereocenters. The first-order valence-corrected chi connectivity index (χ1v) is 7.45. The molecule has 0 aromatic heterocycles. The fourth-order valence-corrected chi connectivity index (χ4v) is 3.01. The van der Waals surface area contributed by atoms with E-state index in [1.165, 1.54) is 7.11 Å². The van der Waals surface area contributed by atoms with Crippen molar-refractivity contribution in [2.45, 2.75) is 25.8 Å². The van der Waals surface area contributed by atoms with Gasteiger partial charge in [-0.3, -0.25) is 9.59 Å². The standard InChI is InChI=1S/C15H18N4O4/c1-9(20)18-5-3-10(4-6-18)19-7-11-13(16-17-14(11)21)12(8-19)15(22)23-2/h7-8,10H,3-6H2,1-2H3,(H,17,21). The predicted molar refractivity (Wildman–Crippen MR) is 81.3 cm³/mol. The van der Waals surface area contributed by atoms with Gasteiger partial charge in [-0.1, -0.05) is 0 Å². The number of nitrogens with one attached hydrogen (secondary N) is 1. The van der Waals surface area contributed by atoms with Crippen molar-refractivity contribution < 1.29 is 14.3 Å². The minimum absolute atomic E-state index is 0.0656. The topological polar surface area (TPSA) is 97.3 Å². The van der Waals surface area contributed by atoms with Gasteiger partial charge in [0, 0.05) is 38.4 Å². The van der Waals surface area contributed by atoms with Crippen molar-refractivity contribution in [1.29, 1.82) is 0 Å². The molecule has 3 heterocycles. The number of aromatic nitrogens is 3. The largest absolute Gasteiger partial charge is 0.465 e. The maximum absolute atomic E-state index is 12.0. The predicted octanol–water partition coefficient (Wildman–Crippen LogP) is 0.646. The molecule has 1 amide bonds. The Morgan fingerprint density at radius 2 is 2.00 bits per heavy atom. The Morgan fingerprint density at radius 1 is 1.30 bits per heavy atom. The molecule has 0 aromatic rings. The van der Waals surface area contributed by atoms with E-state index >= 15 is 0 Å². The van der Waals surface area contributed by atoms with E-state index in [9.17, 15) is 14.4 Å². The number of amides is 1. The van der Waals surface area contributed by atoms with Crippen LogP contribution in [0.2, 0.25) is 0 Å². The number of carbonyl (C=O) groups excluding carboxylic acids is 2. The van der Waals surface area contributed by atoms with Crippen molar-refractivity contribution in [3.63, 3.8) is 0 Å². The Morgan fingerprint density at radius 3 is 2.61 bits per heavy atom. The summed E-state index contributed by atoms with van der Waals surface area (Å²) in [5.41, 5.74) is 0.610. The molecule has 1 saturated heterocycles. The maximum atomic E-state index is 12.0. The average Bonchev–Trinajstić information content (AvgIpc) is 2.94. The molecule has 0 aromatic carbocycles. The fraction of sp³-hybridized carbons (Fsp3) is 0.467. The van der Waals surface area contributed by atoms with Crippen LogP contribution >= 0.6 is 0 Å². The summed E-state index contributed by atoms with van der Waals surface area (Å²) in [6.07, 6.45) is 4.91. The second-order valence-electron chi connectivity index (χ2n) is 5.66. The number of piperidine rings is 1. The van der Waals surface area contributed by atoms with Crippen molar-refractivity contribution in [2.24, 2.45) is 0 Å². The number of carbonyl (C=O) groups is 2. The Hall–Kier alpha value is -2.64. The van der Waals surface area contributed by atoms with E-state index in [0.717, 1.165) is 12.8 Å². The van der Waals surface area contributed by atoms with Gasteiger partial charge in [0.15, 0.2) is 0 Å². The van der Waals surface area contributed by atoms with Gasteiger partial charge in [0.2, 0.25) is 5.91 Å². The Labute approximate surface area is 132 Å². The molecule has 1 fully saturated rings. The zero-order valence-corrected chi connectivity index (χ0v) is 13.0. The van der Waals surface area contributed by atoms with Gasteiger partial charge in [-0.05, 0) is 12.8 Å². The molecule has 3 aliphatic rings. The van der Waals surface area contributed by atoms with Gasteiger partial charge in [0.1, 0.15) is 11.3 Å². The van der Waals surface area contributed by atoms with Gasteiger partial charge in [-0.25, -0.2) is 9.89 Å². The average molecular weight is 318 g/mol. The summed E-state index contributed by atoms with van der Waals surface area (Å²) in [6, 6.07) is 0.118. The van der Waals surface area contributed by atoms with Crippen molar-refractivity contribution in [2.75, 3.05) is 20.2 Å². The summed E-state index contributed by atoms with van der Waals surface area (Å²) in [6.45, 7) is 2.88. The van der Waals surface area contributed by atoms with Gasteiger partial charge in [0.25, 0.3) is 5.56 Å². The molecule has 8 heteroatoms. The molecule has 8 nitrogen and oxygen atoms in total. The van der Waals surface area contributed by atoms with Gasteiger partial charge in [-0.15, -0.1) is 0 Å². The second kappa shape index (κ2) is 5.86. The van der Waals surface area contributed by atoms with Crippen molar-refractivity contribution in [3.05, 3.63) is 28.3 Å². The number of ether oxygens (including phenoxy) is 1. The van der Waals surface area contributed by atoms with Crippen LogP contribution in [0.15, 0.2) is 17.2 Å². The van der Waals surface area contributed by atoms with Crippen LogP contribution in [0.1, 0.15) is 36.2 Å². The number of pyridine rings is 1. The molecule has 0 aliphatic carbocycles. The smallest absolute Gasteiger partial charge is 0.341 e. The number of fused-ring (bicyclic) bond motifs is 1. The highest BCUT2D eigenvalue weighted by Gasteiger charge is 2.26. The monoisotopic (exact) mass is 318 g/mol. The number of aromatic amines is 1. The van der Waals surface area contributed by atoms with Gasteiger partial charge < -0.3 is 14.2 Å². The molecular formula is C15H18N4O4. The summed E-state index contributed by atoms with van der Waals surface area (Å²) in [5.74, 6) is -0.465. The number of likely N-dealkylation sites (tertiary alicyclic amines) is 1. The summed E-state index contributed by atoms with van der Waals surface area (Å²) in [4.78, 5) is 37.1. The molecule has 122 valence electrons. The molecule has 1 N–H and O–H groups in total. The Balaban J connectivity index is 1.97. The van der Waals surface area contributed by atoms with Crippen molar-refractivity contribution in [1.82, 2.24) is 19.7 Å². The number of H-pyrrole nitrogens is 1. The molecule has 0 saturated carbocycles. The van der Waals surface area contributed by atoms with E-state index < -0.39 is 5.97 Å². The van der Waals surface area contributed by atoms with Crippen LogP contribution in [0.25, 0.3) is 11.3 Å². The van der Waals surface area contributed by atoms with Crippen LogP contribution in [0.3, 0.4) is 0 Å². The molecule has 3 aliphatic heterocycles. The molecule has 0 bridgehead atoms. The first-order valence-electron chi connectivity index (χ1n) is 7.45. The summed E-state index contributed by atoms with van der Waals surface area (Å²) in [7, 11) is 1.29. The molecular weight excluding hydrogens is 300 g/mol. The number of rotatable bonds is 2. The van der Waals surface area contributed by atoms with Crippen LogP contribution in [0, 0.1) is 0 Å². The highest BCUT2D eigenvalue weighted by molar-refractivity contribution is 5.95. The molecule has 23 heavy (non-hydrogen) atoms. The molecule has 3 rings (SSSR count). The lowest BCUT2D eigenvalue weighted by Crippen LogP contribution is -2.37. The first kappa shape index (κ1) is 15.3. The zero-order valence-electron chi connectivity index (χ0n) is 13.0. The third-order valence-corrected chi connectivity index (χ3v) is 4.32. The highest BCUT2D eigenvalue weighted by Crippen LogP contribution is 2.27. The van der Waals surface area contributed by atoms with E-state index in [-0.39, 0.29) is 23.1 Å². The van der Waals surface area contributed by atoms with Gasteiger partial charge >= 0.3 is 5.97 Å². The summed E-state index contributed by atoms with van der Waals surface area (Å²) in [5, 5.41) is 6.27. The quantitative estimate of drug-likeness (QED) is 0.820. The van der Waals surface area contributed by atoms with Crippen LogP contribution in [0.4, 0.5) is 0 Å². The first-order chi connectivity index (χ1) is 11.0. The van der Waals surface area contributed by atoms with E-state index in [1.807, 2.05) is 4.57 Å². The third kappa shape index (κ3) is 2.71. The summed E-state index contributed by atoms with van der Waals surface area (Å²) >= 11 is 0. The van der Waals surface area contributed by atoms with Crippen molar-refractivity contribution in [3.8, 4) is 11.3 Å². The van der Waals surface area contributed by atoms with Gasteiger partial charge in [0.05, 0.1) is 12.7 Å². The SMILES string of the molecule is COC(=O)c1cn(C2CCN(C(C)=O)CC2)cc2c(=O)[nH]nc1-2. The van der Waals surface area contributed by atoms with E-state index in [4.69, 9.17) is 4.74 Å². The minimum atomic E-state index is -0.531. The van der Waals surface area contributed by atoms with Crippen LogP contribution in [0.5, 0.6) is 0 Å². The fourth-order valence-electron chi connectivity index (χ4n) is 3.01. The number of hydrogen-bond acceptors (Lipinski definition) is 5. The number of esters is 1. The van der Waals surface area contributed by atoms with Crippen LogP contribution < -0.4 is 5.56 Å². The third-order valence-electron chi connectivity index (χ3n) is 4.32. The lowest BCUT2D eigenvalue weighted by Gasteiger charge is -2.33. The summed E-state index contributed by atoms with van der Waals surface area (Å²) < 4.78 is 6.65. The normalized spacial score (nSPS) is 15.8. The van der Waals surface area contributed by atoms with Crippen LogP contribution in [-0.2, 0) is 9.53 Å². The molecule has 0 spiro atoms. The number of hydrogen-bond donors (Lipinski definition) is 1. The number of nitrogens with zero attached hydrogens (tertiary/aromatic N) is 3. The van der Waals surface area contributed by atoms with E-state index in [2.05, 4.69) is 10.2 Å². The Bertz CT molecular complexity index is 770. The zero-order chi connectivity index (χ0) is 16.6. The Kier molecular flexibility index (Phi) is 3.89. The minimum Gasteiger partial charge on any atom is -0.465 e. The van der Waals surface area contributed by atoms with E-state index in [1.54, 1.807) is 24.2 Å². The van der Waals surface area contributed by atoms with E-state index in [0.29, 0.717) is 24.3 Å². The maximum Gasteiger partial charge on any atom is 0.341 e. The highest BCUT2D eigenvalue weighted by atomic mass is 16.5. The lowest BCUT2D eigenvalue weighted by atomic mass is 10.0. The second-order valence-corrected chi connectivity index (χ2v) is 5.66. The van der Waals surface area contributed by atoms with Crippen molar-refractivity contribution >= 4 is 11.9 Å². The molecule has 0 atom stereocenters.